The molecule has 0 aliphatic rings. The molecule has 4 nitrogen and oxygen atoms in total. The largest absolute Gasteiger partial charge is 0.487 e. The van der Waals surface area contributed by atoms with Gasteiger partial charge in [0.25, 0.3) is 5.56 Å². The molecule has 7 heteroatoms. The molecule has 0 spiro atoms. The summed E-state index contributed by atoms with van der Waals surface area (Å²) in [6.07, 6.45) is 1.46. The van der Waals surface area contributed by atoms with Crippen molar-refractivity contribution < 1.29 is 13.5 Å². The van der Waals surface area contributed by atoms with Gasteiger partial charge in [-0.05, 0) is 35.1 Å². The maximum Gasteiger partial charge on any atom is 0.272 e. The van der Waals surface area contributed by atoms with Crippen LogP contribution >= 0.6 is 9.24 Å². The first-order chi connectivity index (χ1) is 13.0. The quantitative estimate of drug-likeness (QED) is 0.635. The van der Waals surface area contributed by atoms with Crippen molar-refractivity contribution in [2.24, 2.45) is 0 Å². The van der Waals surface area contributed by atoms with Gasteiger partial charge >= 0.3 is 0 Å². The molecule has 0 bridgehead atoms. The Morgan fingerprint density at radius 3 is 2.67 bits per heavy atom. The van der Waals surface area contributed by atoms with Crippen molar-refractivity contribution in [3.05, 3.63) is 93.4 Å². The fraction of sp³-hybridized carbons (Fsp3) is 0.100. The molecule has 2 aromatic carbocycles. The number of aromatic nitrogens is 1. The van der Waals surface area contributed by atoms with Gasteiger partial charge in [0.1, 0.15) is 30.1 Å². The predicted molar refractivity (Wildman–Crippen MR) is 101 cm³/mol. The molecule has 1 atom stereocenters. The zero-order chi connectivity index (χ0) is 19.4. The van der Waals surface area contributed by atoms with E-state index in [9.17, 15) is 18.8 Å². The third kappa shape index (κ3) is 4.39. The van der Waals surface area contributed by atoms with Gasteiger partial charge in [-0.3, -0.25) is 4.79 Å². The van der Waals surface area contributed by atoms with Gasteiger partial charge in [-0.1, -0.05) is 24.3 Å². The Kier molecular flexibility index (Phi) is 5.63. The summed E-state index contributed by atoms with van der Waals surface area (Å²) in [4.78, 5) is 12.5. The number of ether oxygens (including phenoxy) is 1. The molecule has 0 amide bonds. The normalized spacial score (nSPS) is 10.4. The van der Waals surface area contributed by atoms with E-state index in [0.717, 1.165) is 0 Å². The minimum atomic E-state index is -0.556. The van der Waals surface area contributed by atoms with Crippen LogP contribution < -0.4 is 15.6 Å². The summed E-state index contributed by atoms with van der Waals surface area (Å²) in [5.41, 5.74) is 0.167. The van der Waals surface area contributed by atoms with E-state index in [0.29, 0.717) is 16.4 Å². The van der Waals surface area contributed by atoms with Gasteiger partial charge in [-0.2, -0.15) is 5.26 Å². The first-order valence-electron chi connectivity index (χ1n) is 8.02. The predicted octanol–water partition coefficient (Wildman–Crippen LogP) is 3.13. The van der Waals surface area contributed by atoms with Gasteiger partial charge in [0, 0.05) is 11.8 Å². The number of benzene rings is 2. The molecule has 0 N–H and O–H groups in total. The highest BCUT2D eigenvalue weighted by molar-refractivity contribution is 7.27. The van der Waals surface area contributed by atoms with Crippen LogP contribution in [0.4, 0.5) is 8.78 Å². The number of nitriles is 1. The molecule has 0 aliphatic carbocycles. The summed E-state index contributed by atoms with van der Waals surface area (Å²) in [6.45, 7) is 0.00855. The van der Waals surface area contributed by atoms with Crippen LogP contribution in [0.1, 0.15) is 16.7 Å². The van der Waals surface area contributed by atoms with Crippen molar-refractivity contribution in [3.63, 3.8) is 0 Å². The average Bonchev–Trinajstić information content (AvgIpc) is 2.63. The van der Waals surface area contributed by atoms with Crippen LogP contribution in [-0.2, 0) is 13.2 Å². The molecule has 0 saturated heterocycles. The van der Waals surface area contributed by atoms with Crippen LogP contribution in [0.3, 0.4) is 0 Å². The van der Waals surface area contributed by atoms with Crippen molar-refractivity contribution in [2.45, 2.75) is 13.2 Å². The summed E-state index contributed by atoms with van der Waals surface area (Å²) >= 11 is 0. The highest BCUT2D eigenvalue weighted by Crippen LogP contribution is 2.17. The maximum atomic E-state index is 13.9. The van der Waals surface area contributed by atoms with Gasteiger partial charge in [0.15, 0.2) is 5.56 Å². The fourth-order valence-electron chi connectivity index (χ4n) is 2.57. The fourth-order valence-corrected chi connectivity index (χ4v) is 2.82. The molecular weight excluding hydrogens is 369 g/mol. The molecule has 0 aliphatic heterocycles. The number of hydrogen-bond acceptors (Lipinski definition) is 3. The highest BCUT2D eigenvalue weighted by atomic mass is 31.0. The number of hydrogen-bond donors (Lipinski definition) is 0. The molecule has 136 valence electrons. The van der Waals surface area contributed by atoms with E-state index in [2.05, 4.69) is 9.24 Å². The third-order valence-corrected chi connectivity index (χ3v) is 4.30. The molecule has 27 heavy (non-hydrogen) atoms. The van der Waals surface area contributed by atoms with E-state index in [1.54, 1.807) is 24.3 Å². The van der Waals surface area contributed by atoms with E-state index in [-0.39, 0.29) is 24.5 Å². The lowest BCUT2D eigenvalue weighted by atomic mass is 10.2. The summed E-state index contributed by atoms with van der Waals surface area (Å²) in [5, 5.41) is 10.0. The Morgan fingerprint density at radius 2 is 1.96 bits per heavy atom. The van der Waals surface area contributed by atoms with E-state index in [1.165, 1.54) is 35.0 Å². The van der Waals surface area contributed by atoms with Gasteiger partial charge in [-0.15, -0.1) is 9.24 Å². The Balaban J connectivity index is 1.84. The molecule has 1 aromatic heterocycles. The molecule has 0 radical (unpaired) electrons. The van der Waals surface area contributed by atoms with Crippen LogP contribution in [0.25, 0.3) is 0 Å². The lowest BCUT2D eigenvalue weighted by Crippen LogP contribution is -2.23. The number of halogens is 2. The minimum Gasteiger partial charge on any atom is -0.487 e. The van der Waals surface area contributed by atoms with Crippen molar-refractivity contribution in [1.29, 1.82) is 5.26 Å². The maximum absolute atomic E-state index is 13.9. The van der Waals surface area contributed by atoms with Gasteiger partial charge in [0.2, 0.25) is 0 Å². The molecule has 0 saturated carbocycles. The SMILES string of the molecule is N#Cc1c(OCc2ccc(P)cc2F)ccn(Cc2cccc(F)c2)c1=O. The smallest absolute Gasteiger partial charge is 0.272 e. The lowest BCUT2D eigenvalue weighted by Gasteiger charge is -2.11. The van der Waals surface area contributed by atoms with Crippen molar-refractivity contribution in [2.75, 3.05) is 0 Å². The number of rotatable bonds is 5. The molecular formula is C20H15F2N2O2P. The molecule has 3 aromatic rings. The topological polar surface area (TPSA) is 55.0 Å². The van der Waals surface area contributed by atoms with E-state index in [4.69, 9.17) is 4.74 Å². The van der Waals surface area contributed by atoms with Gasteiger partial charge in [-0.25, -0.2) is 8.78 Å². The van der Waals surface area contributed by atoms with Crippen molar-refractivity contribution in [3.8, 4) is 11.8 Å². The lowest BCUT2D eigenvalue weighted by molar-refractivity contribution is 0.297. The van der Waals surface area contributed by atoms with Crippen molar-refractivity contribution in [1.82, 2.24) is 4.57 Å². The second-order valence-electron chi connectivity index (χ2n) is 5.87. The Morgan fingerprint density at radius 1 is 1.15 bits per heavy atom. The first-order valence-corrected chi connectivity index (χ1v) is 8.60. The molecule has 1 unspecified atom stereocenters. The van der Waals surface area contributed by atoms with Gasteiger partial charge < -0.3 is 9.30 Å². The van der Waals surface area contributed by atoms with E-state index in [1.807, 2.05) is 6.07 Å². The van der Waals surface area contributed by atoms with Crippen LogP contribution in [0, 0.1) is 23.0 Å². The summed E-state index contributed by atoms with van der Waals surface area (Å²) in [6, 6.07) is 13.8. The van der Waals surface area contributed by atoms with Crippen LogP contribution in [0.2, 0.25) is 0 Å². The van der Waals surface area contributed by atoms with Crippen LogP contribution in [0.15, 0.2) is 59.5 Å². The number of nitrogens with zero attached hydrogens (tertiary/aromatic N) is 2. The molecule has 0 fully saturated rings. The molecule has 1 heterocycles. The zero-order valence-electron chi connectivity index (χ0n) is 14.2. The van der Waals surface area contributed by atoms with E-state index < -0.39 is 17.2 Å². The monoisotopic (exact) mass is 384 g/mol. The van der Waals surface area contributed by atoms with E-state index >= 15 is 0 Å². The highest BCUT2D eigenvalue weighted by Gasteiger charge is 2.13. The van der Waals surface area contributed by atoms with Crippen LogP contribution in [-0.4, -0.2) is 4.57 Å². The second kappa shape index (κ2) is 8.11. The van der Waals surface area contributed by atoms with Gasteiger partial charge in [0.05, 0.1) is 6.54 Å². The summed E-state index contributed by atoms with van der Waals surface area (Å²) in [5.74, 6) is -0.757. The third-order valence-electron chi connectivity index (χ3n) is 3.94. The zero-order valence-corrected chi connectivity index (χ0v) is 15.3. The van der Waals surface area contributed by atoms with Crippen LogP contribution in [0.5, 0.6) is 5.75 Å². The summed E-state index contributed by atoms with van der Waals surface area (Å²) in [7, 11) is 2.40. The first kappa shape index (κ1) is 18.8. The Labute approximate surface area is 156 Å². The van der Waals surface area contributed by atoms with Crippen molar-refractivity contribution >= 4 is 14.5 Å². The summed E-state index contributed by atoms with van der Waals surface area (Å²) < 4.78 is 34.0. The average molecular weight is 384 g/mol. The number of pyridine rings is 1. The minimum absolute atomic E-state index is 0.0762. The standard InChI is InChI=1S/C20H15F2N2O2P/c21-15-3-1-2-13(8-15)11-24-7-6-19(17(10-23)20(24)25)26-12-14-4-5-16(27)9-18(14)22/h1-9H,11-12,27H2. The molecule has 3 rings (SSSR count). The Hall–Kier alpha value is -3.03. The second-order valence-corrected chi connectivity index (χ2v) is 6.54. The Bertz CT molecular complexity index is 1090.